The predicted molar refractivity (Wildman–Crippen MR) is 55.3 cm³/mol. The molecule has 0 fully saturated rings. The Balaban J connectivity index is 2.28. The van der Waals surface area contributed by atoms with Crippen molar-refractivity contribution in [2.75, 3.05) is 0 Å². The van der Waals surface area contributed by atoms with Crippen molar-refractivity contribution in [3.63, 3.8) is 0 Å². The number of hydrogen-bond donors (Lipinski definition) is 1. The van der Waals surface area contributed by atoms with E-state index in [9.17, 15) is 0 Å². The van der Waals surface area contributed by atoms with Gasteiger partial charge in [0, 0.05) is 4.88 Å². The van der Waals surface area contributed by atoms with Gasteiger partial charge in [-0.3, -0.25) is 0 Å². The van der Waals surface area contributed by atoms with Crippen molar-refractivity contribution in [1.82, 2.24) is 9.59 Å². The molecule has 6 heteroatoms. The number of nitrogens with zero attached hydrogens (tertiary/aromatic N) is 2. The lowest BCUT2D eigenvalue weighted by Crippen LogP contribution is -2.07. The largest absolute Gasteiger partial charge is 0.319 e. The summed E-state index contributed by atoms with van der Waals surface area (Å²) < 4.78 is 4.51. The van der Waals surface area contributed by atoms with Gasteiger partial charge in [-0.05, 0) is 23.7 Å². The zero-order chi connectivity index (χ0) is 9.26. The summed E-state index contributed by atoms with van der Waals surface area (Å²) in [5.41, 5.74) is 5.96. The van der Waals surface area contributed by atoms with Gasteiger partial charge in [0.05, 0.1) is 21.5 Å². The van der Waals surface area contributed by atoms with Gasteiger partial charge >= 0.3 is 0 Å². The van der Waals surface area contributed by atoms with Gasteiger partial charge in [-0.15, -0.1) is 16.4 Å². The maximum absolute atomic E-state index is 5.96. The Labute approximate surface area is 88.3 Å². The summed E-state index contributed by atoms with van der Waals surface area (Å²) >= 11 is 8.60. The van der Waals surface area contributed by atoms with Crippen LogP contribution >= 0.6 is 34.5 Å². The van der Waals surface area contributed by atoms with Crippen LogP contribution in [-0.4, -0.2) is 9.59 Å². The predicted octanol–water partition coefficient (Wildman–Crippen LogP) is 2.30. The van der Waals surface area contributed by atoms with Crippen LogP contribution in [0, 0.1) is 0 Å². The molecule has 0 aliphatic heterocycles. The molecule has 2 heterocycles. The summed E-state index contributed by atoms with van der Waals surface area (Å²) in [5.74, 6) is 0. The lowest BCUT2D eigenvalue weighted by atomic mass is 10.2. The first kappa shape index (κ1) is 9.08. The second-order valence-electron chi connectivity index (χ2n) is 2.44. The molecule has 0 saturated heterocycles. The van der Waals surface area contributed by atoms with Crippen molar-refractivity contribution in [2.45, 2.75) is 6.04 Å². The molecule has 0 aliphatic carbocycles. The summed E-state index contributed by atoms with van der Waals surface area (Å²) in [6.45, 7) is 0. The molecule has 3 nitrogen and oxygen atoms in total. The summed E-state index contributed by atoms with van der Waals surface area (Å²) in [5, 5.41) is 3.74. The summed E-state index contributed by atoms with van der Waals surface area (Å²) in [6, 6.07) is 3.63. The van der Waals surface area contributed by atoms with Crippen LogP contribution in [0.3, 0.4) is 0 Å². The van der Waals surface area contributed by atoms with E-state index in [1.54, 1.807) is 6.20 Å². The van der Waals surface area contributed by atoms with Crippen molar-refractivity contribution < 1.29 is 0 Å². The van der Waals surface area contributed by atoms with E-state index in [1.807, 2.05) is 12.1 Å². The first-order valence-electron chi connectivity index (χ1n) is 3.55. The van der Waals surface area contributed by atoms with E-state index in [2.05, 4.69) is 9.59 Å². The van der Waals surface area contributed by atoms with Crippen LogP contribution in [0.5, 0.6) is 0 Å². The SMILES string of the molecule is NC(c1cnns1)c1ccc(Cl)s1. The van der Waals surface area contributed by atoms with Gasteiger partial charge in [-0.25, -0.2) is 0 Å². The molecular weight excluding hydrogens is 226 g/mol. The Kier molecular flexibility index (Phi) is 2.59. The molecule has 0 bridgehead atoms. The fourth-order valence-corrected chi connectivity index (χ4v) is 2.63. The van der Waals surface area contributed by atoms with E-state index < -0.39 is 0 Å². The lowest BCUT2D eigenvalue weighted by Gasteiger charge is -2.03. The minimum Gasteiger partial charge on any atom is -0.319 e. The highest BCUT2D eigenvalue weighted by Gasteiger charge is 2.12. The Morgan fingerprint density at radius 1 is 1.38 bits per heavy atom. The smallest absolute Gasteiger partial charge is 0.0931 e. The monoisotopic (exact) mass is 231 g/mol. The van der Waals surface area contributed by atoms with Crippen LogP contribution in [0.15, 0.2) is 18.3 Å². The Morgan fingerprint density at radius 3 is 2.77 bits per heavy atom. The van der Waals surface area contributed by atoms with E-state index in [1.165, 1.54) is 22.9 Å². The van der Waals surface area contributed by atoms with Gasteiger partial charge in [0.25, 0.3) is 0 Å². The maximum Gasteiger partial charge on any atom is 0.0931 e. The van der Waals surface area contributed by atoms with Gasteiger partial charge in [0.1, 0.15) is 0 Å². The molecular formula is C7H6ClN3S2. The minimum atomic E-state index is -0.141. The number of nitrogens with two attached hydrogens (primary N) is 1. The highest BCUT2D eigenvalue weighted by Crippen LogP contribution is 2.30. The second-order valence-corrected chi connectivity index (χ2v) is 5.00. The Bertz CT molecular complexity index is 384. The van der Waals surface area contributed by atoms with Crippen LogP contribution in [0.25, 0.3) is 0 Å². The topological polar surface area (TPSA) is 51.8 Å². The third kappa shape index (κ3) is 1.88. The average Bonchev–Trinajstić information content (AvgIpc) is 2.72. The van der Waals surface area contributed by atoms with Crippen molar-refractivity contribution >= 4 is 34.5 Å². The zero-order valence-electron chi connectivity index (χ0n) is 6.48. The van der Waals surface area contributed by atoms with Crippen LogP contribution in [0.1, 0.15) is 15.8 Å². The van der Waals surface area contributed by atoms with Gasteiger partial charge in [0.2, 0.25) is 0 Å². The molecule has 0 amide bonds. The van der Waals surface area contributed by atoms with Crippen LogP contribution in [-0.2, 0) is 0 Å². The maximum atomic E-state index is 5.96. The fraction of sp³-hybridized carbons (Fsp3) is 0.143. The normalized spacial score (nSPS) is 13.1. The second kappa shape index (κ2) is 3.71. The first-order valence-corrected chi connectivity index (χ1v) is 5.52. The van der Waals surface area contributed by atoms with E-state index in [0.29, 0.717) is 0 Å². The van der Waals surface area contributed by atoms with Gasteiger partial charge < -0.3 is 5.73 Å². The summed E-state index contributed by atoms with van der Waals surface area (Å²) in [6.07, 6.45) is 1.68. The molecule has 68 valence electrons. The van der Waals surface area contributed by atoms with Crippen LogP contribution < -0.4 is 5.73 Å². The van der Waals surface area contributed by atoms with E-state index in [4.69, 9.17) is 17.3 Å². The van der Waals surface area contributed by atoms with Gasteiger partial charge in [-0.1, -0.05) is 16.1 Å². The average molecular weight is 232 g/mol. The third-order valence-electron chi connectivity index (χ3n) is 1.59. The molecule has 2 aromatic heterocycles. The Morgan fingerprint density at radius 2 is 2.23 bits per heavy atom. The summed E-state index contributed by atoms with van der Waals surface area (Å²) in [4.78, 5) is 1.99. The highest BCUT2D eigenvalue weighted by atomic mass is 35.5. The first-order chi connectivity index (χ1) is 6.27. The van der Waals surface area contributed by atoms with Crippen molar-refractivity contribution in [3.8, 4) is 0 Å². The number of rotatable bonds is 2. The van der Waals surface area contributed by atoms with Crippen LogP contribution in [0.4, 0.5) is 0 Å². The molecule has 0 aromatic carbocycles. The molecule has 1 atom stereocenters. The fourth-order valence-electron chi connectivity index (χ4n) is 0.947. The highest BCUT2D eigenvalue weighted by molar-refractivity contribution is 7.16. The molecule has 2 rings (SSSR count). The van der Waals surface area contributed by atoms with Gasteiger partial charge in [-0.2, -0.15) is 0 Å². The third-order valence-corrected chi connectivity index (χ3v) is 3.65. The van der Waals surface area contributed by atoms with Crippen LogP contribution in [0.2, 0.25) is 4.34 Å². The molecule has 13 heavy (non-hydrogen) atoms. The van der Waals surface area contributed by atoms with E-state index in [0.717, 1.165) is 14.1 Å². The lowest BCUT2D eigenvalue weighted by molar-refractivity contribution is 0.911. The number of aromatic nitrogens is 2. The molecule has 0 aliphatic rings. The molecule has 0 spiro atoms. The molecule has 0 radical (unpaired) electrons. The molecule has 2 N–H and O–H groups in total. The standard InChI is InChI=1S/C7H6ClN3S2/c8-6-2-1-4(12-6)7(9)5-3-10-11-13-5/h1-3,7H,9H2. The van der Waals surface area contributed by atoms with Crippen molar-refractivity contribution in [1.29, 1.82) is 0 Å². The molecule has 2 aromatic rings. The van der Waals surface area contributed by atoms with Crippen molar-refractivity contribution in [2.24, 2.45) is 5.73 Å². The summed E-state index contributed by atoms with van der Waals surface area (Å²) in [7, 11) is 0. The van der Waals surface area contributed by atoms with Gasteiger partial charge in [0.15, 0.2) is 0 Å². The molecule has 0 saturated carbocycles. The van der Waals surface area contributed by atoms with E-state index >= 15 is 0 Å². The number of thiophene rings is 1. The van der Waals surface area contributed by atoms with Crippen molar-refractivity contribution in [3.05, 3.63) is 32.4 Å². The quantitative estimate of drug-likeness (QED) is 0.863. The molecule has 1 unspecified atom stereocenters. The number of hydrogen-bond acceptors (Lipinski definition) is 5. The Hall–Kier alpha value is -0.490. The number of halogens is 1. The zero-order valence-corrected chi connectivity index (χ0v) is 8.86. The minimum absolute atomic E-state index is 0.141. The van der Waals surface area contributed by atoms with E-state index in [-0.39, 0.29) is 6.04 Å².